The van der Waals surface area contributed by atoms with Crippen molar-refractivity contribution in [3.8, 4) is 0 Å². The summed E-state index contributed by atoms with van der Waals surface area (Å²) in [5.74, 6) is 0. The molecule has 0 fully saturated rings. The second kappa shape index (κ2) is 6.72. The van der Waals surface area contributed by atoms with Crippen molar-refractivity contribution in [2.45, 2.75) is 34.3 Å². The van der Waals surface area contributed by atoms with Crippen molar-refractivity contribution in [2.24, 2.45) is 0 Å². The van der Waals surface area contributed by atoms with Gasteiger partial charge in [-0.25, -0.2) is 0 Å². The number of alkyl halides is 4. The smallest absolute Gasteiger partial charge is 0.191 e. The number of aliphatic hydroxyl groups excluding tert-OH is 1. The Balaban J connectivity index is 3.40. The Morgan fingerprint density at radius 1 is 1.25 bits per heavy atom. The summed E-state index contributed by atoms with van der Waals surface area (Å²) in [5, 5.41) is 8.52. The van der Waals surface area contributed by atoms with Gasteiger partial charge in [0, 0.05) is 17.9 Å². The Labute approximate surface area is 96.5 Å². The lowest BCUT2D eigenvalue weighted by atomic mass is 10.1. The molecule has 12 heavy (non-hydrogen) atoms. The molecule has 0 aliphatic carbocycles. The third-order valence-corrected chi connectivity index (χ3v) is 2.62. The van der Waals surface area contributed by atoms with Crippen molar-refractivity contribution in [3.63, 3.8) is 0 Å². The first-order valence-electron chi connectivity index (χ1n) is 3.77. The van der Waals surface area contributed by atoms with Gasteiger partial charge < -0.3 is 5.11 Å². The fourth-order valence-corrected chi connectivity index (χ4v) is 2.76. The molecule has 5 heteroatoms. The Kier molecular flexibility index (Phi) is 7.45. The highest BCUT2D eigenvalue weighted by atomic mass is 79.9. The van der Waals surface area contributed by atoms with Gasteiger partial charge in [0.05, 0.1) is 0 Å². The molecule has 0 saturated carbocycles. The number of rotatable bonds is 5. The summed E-state index contributed by atoms with van der Waals surface area (Å²) in [6, 6.07) is 0. The summed E-state index contributed by atoms with van der Waals surface area (Å²) >= 11 is 20.2. The molecule has 1 N–H and O–H groups in total. The van der Waals surface area contributed by atoms with E-state index in [1.807, 2.05) is 0 Å². The standard InChI is InChI=1S/C7H12BrCl3O/c8-6(3-1-2-4-12)5-7(9,10)11/h6,12H,1-5H2. The molecule has 0 bridgehead atoms. The van der Waals surface area contributed by atoms with Gasteiger partial charge in [0.1, 0.15) is 0 Å². The quantitative estimate of drug-likeness (QED) is 0.606. The molecule has 0 amide bonds. The molecule has 0 rings (SSSR count). The van der Waals surface area contributed by atoms with Gasteiger partial charge in [-0.1, -0.05) is 57.2 Å². The van der Waals surface area contributed by atoms with Crippen LogP contribution < -0.4 is 0 Å². The first-order chi connectivity index (χ1) is 5.45. The molecule has 0 aromatic carbocycles. The average Bonchev–Trinajstić information content (AvgIpc) is 1.84. The van der Waals surface area contributed by atoms with Gasteiger partial charge in [0.25, 0.3) is 0 Å². The molecule has 0 aromatic heterocycles. The first-order valence-corrected chi connectivity index (χ1v) is 5.82. The number of unbranched alkanes of at least 4 members (excludes halogenated alkanes) is 1. The highest BCUT2D eigenvalue weighted by Gasteiger charge is 2.23. The van der Waals surface area contributed by atoms with E-state index in [4.69, 9.17) is 39.9 Å². The molecular formula is C7H12BrCl3O. The van der Waals surface area contributed by atoms with E-state index in [0.717, 1.165) is 19.3 Å². The summed E-state index contributed by atoms with van der Waals surface area (Å²) in [7, 11) is 0. The van der Waals surface area contributed by atoms with Gasteiger partial charge in [0.15, 0.2) is 3.79 Å². The van der Waals surface area contributed by atoms with Crippen molar-refractivity contribution in [1.82, 2.24) is 0 Å². The van der Waals surface area contributed by atoms with Crippen molar-refractivity contribution in [1.29, 1.82) is 0 Å². The summed E-state index contributed by atoms with van der Waals surface area (Å²) in [4.78, 5) is 0.219. The predicted molar refractivity (Wildman–Crippen MR) is 58.6 cm³/mol. The van der Waals surface area contributed by atoms with E-state index in [2.05, 4.69) is 15.9 Å². The molecule has 0 radical (unpaired) electrons. The molecule has 0 aliphatic heterocycles. The van der Waals surface area contributed by atoms with Crippen molar-refractivity contribution >= 4 is 50.7 Å². The average molecular weight is 298 g/mol. The molecule has 0 heterocycles. The van der Waals surface area contributed by atoms with Crippen molar-refractivity contribution in [2.75, 3.05) is 6.61 Å². The van der Waals surface area contributed by atoms with E-state index in [-0.39, 0.29) is 11.4 Å². The van der Waals surface area contributed by atoms with Gasteiger partial charge >= 0.3 is 0 Å². The van der Waals surface area contributed by atoms with Crippen LogP contribution in [0.4, 0.5) is 0 Å². The van der Waals surface area contributed by atoms with E-state index in [9.17, 15) is 0 Å². The van der Waals surface area contributed by atoms with Crippen LogP contribution in [0.25, 0.3) is 0 Å². The van der Waals surface area contributed by atoms with Crippen LogP contribution in [0.15, 0.2) is 0 Å². The van der Waals surface area contributed by atoms with Crippen LogP contribution in [0.2, 0.25) is 0 Å². The van der Waals surface area contributed by atoms with E-state index in [0.29, 0.717) is 6.42 Å². The molecule has 0 aromatic rings. The maximum absolute atomic E-state index is 8.52. The third-order valence-electron chi connectivity index (χ3n) is 1.38. The lowest BCUT2D eigenvalue weighted by molar-refractivity contribution is 0.283. The maximum atomic E-state index is 8.52. The Morgan fingerprint density at radius 2 is 1.83 bits per heavy atom. The topological polar surface area (TPSA) is 20.2 Å². The summed E-state index contributed by atoms with van der Waals surface area (Å²) < 4.78 is -1.17. The van der Waals surface area contributed by atoms with Crippen LogP contribution in [0.5, 0.6) is 0 Å². The van der Waals surface area contributed by atoms with Gasteiger partial charge in [0.2, 0.25) is 0 Å². The molecule has 1 atom stereocenters. The Bertz CT molecular complexity index is 116. The van der Waals surface area contributed by atoms with E-state index >= 15 is 0 Å². The number of halogens is 4. The second-order valence-corrected chi connectivity index (χ2v) is 6.45. The Morgan fingerprint density at radius 3 is 2.25 bits per heavy atom. The second-order valence-electron chi connectivity index (χ2n) is 2.64. The van der Waals surface area contributed by atoms with E-state index < -0.39 is 3.79 Å². The number of hydrogen-bond donors (Lipinski definition) is 1. The third kappa shape index (κ3) is 9.40. The van der Waals surface area contributed by atoms with Crippen LogP contribution in [0.1, 0.15) is 25.7 Å². The van der Waals surface area contributed by atoms with Crippen molar-refractivity contribution in [3.05, 3.63) is 0 Å². The summed E-state index contributed by atoms with van der Waals surface area (Å²) in [6.07, 6.45) is 3.19. The fourth-order valence-electron chi connectivity index (χ4n) is 0.831. The predicted octanol–water partition coefficient (Wildman–Crippen LogP) is 3.67. The number of aliphatic hydroxyl groups is 1. The SMILES string of the molecule is OCCCCC(Br)CC(Cl)(Cl)Cl. The van der Waals surface area contributed by atoms with Gasteiger partial charge in [-0.2, -0.15) is 0 Å². The minimum absolute atomic E-state index is 0.219. The molecule has 74 valence electrons. The lowest BCUT2D eigenvalue weighted by Gasteiger charge is -2.15. The van der Waals surface area contributed by atoms with Crippen LogP contribution in [0, 0.1) is 0 Å². The van der Waals surface area contributed by atoms with E-state index in [1.165, 1.54) is 0 Å². The molecule has 1 unspecified atom stereocenters. The monoisotopic (exact) mass is 296 g/mol. The lowest BCUT2D eigenvalue weighted by Crippen LogP contribution is -2.11. The summed E-state index contributed by atoms with van der Waals surface area (Å²) in [5.41, 5.74) is 0. The van der Waals surface area contributed by atoms with Crippen LogP contribution in [-0.4, -0.2) is 20.3 Å². The Hall–Kier alpha value is 1.31. The highest BCUT2D eigenvalue weighted by molar-refractivity contribution is 9.09. The van der Waals surface area contributed by atoms with Gasteiger partial charge in [-0.3, -0.25) is 0 Å². The number of hydrogen-bond acceptors (Lipinski definition) is 1. The zero-order valence-electron chi connectivity index (χ0n) is 6.57. The van der Waals surface area contributed by atoms with Gasteiger partial charge in [-0.15, -0.1) is 0 Å². The maximum Gasteiger partial charge on any atom is 0.191 e. The van der Waals surface area contributed by atoms with Crippen LogP contribution in [0.3, 0.4) is 0 Å². The molecule has 0 saturated heterocycles. The minimum Gasteiger partial charge on any atom is -0.396 e. The van der Waals surface area contributed by atoms with Crippen LogP contribution in [-0.2, 0) is 0 Å². The zero-order chi connectivity index (χ0) is 9.61. The largest absolute Gasteiger partial charge is 0.396 e. The first kappa shape index (κ1) is 13.3. The fraction of sp³-hybridized carbons (Fsp3) is 1.00. The molecule has 0 aliphatic rings. The normalized spacial score (nSPS) is 14.8. The van der Waals surface area contributed by atoms with Gasteiger partial charge in [-0.05, 0) is 12.8 Å². The van der Waals surface area contributed by atoms with E-state index in [1.54, 1.807) is 0 Å². The minimum atomic E-state index is -1.17. The molecule has 1 nitrogen and oxygen atoms in total. The molecule has 0 spiro atoms. The van der Waals surface area contributed by atoms with Crippen molar-refractivity contribution < 1.29 is 5.11 Å². The van der Waals surface area contributed by atoms with Crippen LogP contribution >= 0.6 is 50.7 Å². The molecular weight excluding hydrogens is 286 g/mol. The highest BCUT2D eigenvalue weighted by Crippen LogP contribution is 2.34. The zero-order valence-corrected chi connectivity index (χ0v) is 10.4. The summed E-state index contributed by atoms with van der Waals surface area (Å²) in [6.45, 7) is 0.230.